The van der Waals surface area contributed by atoms with Crippen molar-refractivity contribution in [2.45, 2.75) is 26.8 Å². The van der Waals surface area contributed by atoms with Crippen molar-refractivity contribution in [2.75, 3.05) is 5.75 Å². The van der Waals surface area contributed by atoms with Gasteiger partial charge in [0.25, 0.3) is 0 Å². The summed E-state index contributed by atoms with van der Waals surface area (Å²) in [5, 5.41) is 0.991. The number of hydrogen-bond acceptors (Lipinski definition) is 3. The zero-order valence-electron chi connectivity index (χ0n) is 9.93. The van der Waals surface area contributed by atoms with Crippen LogP contribution in [0.25, 0.3) is 0 Å². The van der Waals surface area contributed by atoms with Crippen molar-refractivity contribution in [1.29, 1.82) is 0 Å². The number of hydrogen-bond donors (Lipinski definition) is 0. The molecule has 0 saturated carbocycles. The van der Waals surface area contributed by atoms with E-state index in [-0.39, 0.29) is 11.8 Å². The van der Waals surface area contributed by atoms with Gasteiger partial charge in [0.2, 0.25) is 0 Å². The van der Waals surface area contributed by atoms with E-state index in [9.17, 15) is 4.79 Å². The third-order valence-corrected chi connectivity index (χ3v) is 3.24. The molecular weight excluding hydrogens is 218 g/mol. The molecule has 1 aromatic carbocycles. The molecule has 0 spiro atoms. The molecule has 16 heavy (non-hydrogen) atoms. The topological polar surface area (TPSA) is 29.4 Å². The second-order valence-corrected chi connectivity index (χ2v) is 4.25. The van der Waals surface area contributed by atoms with Gasteiger partial charge < -0.3 is 0 Å². The monoisotopic (exact) mass is 235 g/mol. The fourth-order valence-electron chi connectivity index (χ4n) is 1.32. The molecule has 0 aromatic heterocycles. The highest BCUT2D eigenvalue weighted by Crippen LogP contribution is 2.23. The first kappa shape index (κ1) is 13.0. The molecule has 2 nitrogen and oxygen atoms in total. The number of nitrogens with zero attached hydrogens (tertiary/aromatic N) is 1. The molecule has 1 atom stereocenters. The predicted molar refractivity (Wildman–Crippen MR) is 71.3 cm³/mol. The van der Waals surface area contributed by atoms with Crippen LogP contribution in [0.4, 0.5) is 0 Å². The van der Waals surface area contributed by atoms with Crippen LogP contribution in [-0.2, 0) is 4.79 Å². The molecule has 0 saturated heterocycles. The fourth-order valence-corrected chi connectivity index (χ4v) is 2.45. The predicted octanol–water partition coefficient (Wildman–Crippen LogP) is 3.16. The quantitative estimate of drug-likeness (QED) is 0.788. The van der Waals surface area contributed by atoms with Crippen LogP contribution < -0.4 is 0 Å². The summed E-state index contributed by atoms with van der Waals surface area (Å²) in [6.45, 7) is 5.60. The van der Waals surface area contributed by atoms with Crippen molar-refractivity contribution in [1.82, 2.24) is 0 Å². The molecule has 0 N–H and O–H groups in total. The van der Waals surface area contributed by atoms with E-state index < -0.39 is 0 Å². The molecular formula is C13H17NOS. The van der Waals surface area contributed by atoms with E-state index in [0.29, 0.717) is 0 Å². The number of aliphatic imine (C=N–C) groups is 1. The van der Waals surface area contributed by atoms with Crippen LogP contribution in [0.1, 0.15) is 26.3 Å². The number of carbonyl (C=O) groups is 1. The van der Waals surface area contributed by atoms with E-state index in [4.69, 9.17) is 0 Å². The maximum absolute atomic E-state index is 11.1. The minimum absolute atomic E-state index is 0.129. The number of Topliss-reactive ketones (excluding diaryl/α,β-unsaturated/α-hetero) is 1. The Morgan fingerprint density at radius 1 is 1.31 bits per heavy atom. The van der Waals surface area contributed by atoms with Gasteiger partial charge in [-0.15, -0.1) is 11.8 Å². The number of carbonyl (C=O) groups excluding carboxylic acids is 1. The van der Waals surface area contributed by atoms with Crippen LogP contribution in [0.15, 0.2) is 35.3 Å². The zero-order chi connectivity index (χ0) is 12.0. The van der Waals surface area contributed by atoms with Crippen molar-refractivity contribution < 1.29 is 4.79 Å². The van der Waals surface area contributed by atoms with Gasteiger partial charge in [0.05, 0.1) is 5.04 Å². The van der Waals surface area contributed by atoms with Crippen LogP contribution in [0.2, 0.25) is 0 Å². The first-order valence-corrected chi connectivity index (χ1v) is 6.52. The Morgan fingerprint density at radius 3 is 2.44 bits per heavy atom. The molecule has 1 aliphatic rings. The van der Waals surface area contributed by atoms with Gasteiger partial charge in [0, 0.05) is 11.3 Å². The zero-order valence-corrected chi connectivity index (χ0v) is 10.8. The number of thioether (sulfide) groups is 1. The van der Waals surface area contributed by atoms with E-state index in [1.165, 1.54) is 0 Å². The van der Waals surface area contributed by atoms with Crippen LogP contribution in [0, 0.1) is 0 Å². The van der Waals surface area contributed by atoms with E-state index >= 15 is 0 Å². The third kappa shape index (κ3) is 3.20. The Morgan fingerprint density at radius 2 is 1.94 bits per heavy atom. The lowest BCUT2D eigenvalue weighted by atomic mass is 10.2. The fraction of sp³-hybridized carbons (Fsp3) is 0.385. The summed E-state index contributed by atoms with van der Waals surface area (Å²) < 4.78 is 0. The van der Waals surface area contributed by atoms with Crippen LogP contribution in [0.3, 0.4) is 0 Å². The molecule has 0 bridgehead atoms. The highest BCUT2D eigenvalue weighted by atomic mass is 32.2. The van der Waals surface area contributed by atoms with Gasteiger partial charge in [0.15, 0.2) is 5.78 Å². The second kappa shape index (κ2) is 6.48. The third-order valence-electron chi connectivity index (χ3n) is 2.14. The molecule has 86 valence electrons. The van der Waals surface area contributed by atoms with Gasteiger partial charge in [-0.1, -0.05) is 44.2 Å². The summed E-state index contributed by atoms with van der Waals surface area (Å²) in [6, 6.07) is 9.86. The lowest BCUT2D eigenvalue weighted by Crippen LogP contribution is -2.14. The van der Waals surface area contributed by atoms with E-state index in [0.717, 1.165) is 16.4 Å². The smallest absolute Gasteiger partial charge is 0.155 e. The number of rotatable bonds is 2. The summed E-state index contributed by atoms with van der Waals surface area (Å²) in [7, 11) is 0. The van der Waals surface area contributed by atoms with Gasteiger partial charge in [-0.05, 0) is 6.92 Å². The summed E-state index contributed by atoms with van der Waals surface area (Å²) >= 11 is 1.66. The minimum atomic E-state index is -0.129. The standard InChI is InChI=1S/C11H11NOS.C2H6/c1-8(13)10-7-14-11(12-10)9-5-3-2-4-6-9;1-2/h2-6,10H,7H2,1H3;1-2H3. The first-order chi connectivity index (χ1) is 7.77. The van der Waals surface area contributed by atoms with Gasteiger partial charge in [-0.3, -0.25) is 9.79 Å². The van der Waals surface area contributed by atoms with Crippen molar-refractivity contribution in [3.63, 3.8) is 0 Å². The van der Waals surface area contributed by atoms with E-state index in [2.05, 4.69) is 4.99 Å². The van der Waals surface area contributed by atoms with Gasteiger partial charge in [-0.25, -0.2) is 0 Å². The van der Waals surface area contributed by atoms with E-state index in [1.807, 2.05) is 44.2 Å². The normalized spacial score (nSPS) is 18.4. The average molecular weight is 235 g/mol. The van der Waals surface area contributed by atoms with Crippen molar-refractivity contribution in [3.8, 4) is 0 Å². The van der Waals surface area contributed by atoms with E-state index in [1.54, 1.807) is 18.7 Å². The number of benzene rings is 1. The molecule has 1 aromatic rings. The van der Waals surface area contributed by atoms with Crippen molar-refractivity contribution in [2.24, 2.45) is 4.99 Å². The highest BCUT2D eigenvalue weighted by Gasteiger charge is 2.22. The molecule has 0 amide bonds. The van der Waals surface area contributed by atoms with Gasteiger partial charge in [0.1, 0.15) is 6.04 Å². The largest absolute Gasteiger partial charge is 0.298 e. The van der Waals surface area contributed by atoms with Crippen molar-refractivity contribution in [3.05, 3.63) is 35.9 Å². The van der Waals surface area contributed by atoms with Gasteiger partial charge >= 0.3 is 0 Å². The lowest BCUT2D eigenvalue weighted by molar-refractivity contribution is -0.117. The van der Waals surface area contributed by atoms with Crippen LogP contribution in [-0.4, -0.2) is 22.6 Å². The molecule has 1 heterocycles. The Balaban J connectivity index is 0.000000606. The molecule has 3 heteroatoms. The Hall–Kier alpha value is -1.09. The van der Waals surface area contributed by atoms with Crippen molar-refractivity contribution >= 4 is 22.6 Å². The molecule has 1 aliphatic heterocycles. The maximum Gasteiger partial charge on any atom is 0.155 e. The lowest BCUT2D eigenvalue weighted by Gasteiger charge is -1.97. The molecule has 0 radical (unpaired) electrons. The summed E-state index contributed by atoms with van der Waals surface area (Å²) in [6.07, 6.45) is 0. The summed E-state index contributed by atoms with van der Waals surface area (Å²) in [5.74, 6) is 0.947. The molecule has 2 rings (SSSR count). The van der Waals surface area contributed by atoms with Crippen LogP contribution >= 0.6 is 11.8 Å². The Bertz CT molecular complexity index is 373. The summed E-state index contributed by atoms with van der Waals surface area (Å²) in [5.41, 5.74) is 1.11. The SMILES string of the molecule is CC.CC(=O)C1CSC(c2ccccc2)=N1. The van der Waals surface area contributed by atoms with Crippen LogP contribution in [0.5, 0.6) is 0 Å². The maximum atomic E-state index is 11.1. The average Bonchev–Trinajstić information content (AvgIpc) is 2.82. The Labute approximate surface area is 101 Å². The Kier molecular flexibility index (Phi) is 5.26. The molecule has 0 fully saturated rings. The highest BCUT2D eigenvalue weighted by molar-refractivity contribution is 8.14. The second-order valence-electron chi connectivity index (χ2n) is 3.24. The van der Waals surface area contributed by atoms with Gasteiger partial charge in [-0.2, -0.15) is 0 Å². The number of ketones is 1. The molecule has 1 unspecified atom stereocenters. The summed E-state index contributed by atoms with van der Waals surface area (Å²) in [4.78, 5) is 15.5. The molecule has 0 aliphatic carbocycles. The minimum Gasteiger partial charge on any atom is -0.298 e. The first-order valence-electron chi connectivity index (χ1n) is 5.54.